The Morgan fingerprint density at radius 1 is 1.21 bits per heavy atom. The predicted octanol–water partition coefficient (Wildman–Crippen LogP) is 4.55. The van der Waals surface area contributed by atoms with Crippen LogP contribution in [-0.2, 0) is 0 Å². The first-order valence-electron chi connectivity index (χ1n) is 9.04. The first-order valence-corrected chi connectivity index (χ1v) is 9.42. The second kappa shape index (κ2) is 6.79. The van der Waals surface area contributed by atoms with Crippen LogP contribution < -0.4 is 10.3 Å². The van der Waals surface area contributed by atoms with Crippen molar-refractivity contribution >= 4 is 28.2 Å². The second-order valence-electron chi connectivity index (χ2n) is 6.43. The van der Waals surface area contributed by atoms with Gasteiger partial charge in [-0.2, -0.15) is 0 Å². The first-order chi connectivity index (χ1) is 14.2. The molecule has 144 valence electrons. The molecule has 7 nitrogen and oxygen atoms in total. The second-order valence-corrected chi connectivity index (χ2v) is 6.84. The number of fused-ring (bicyclic) bond motifs is 2. The van der Waals surface area contributed by atoms with E-state index < -0.39 is 0 Å². The number of H-pyrrole nitrogens is 1. The summed E-state index contributed by atoms with van der Waals surface area (Å²) >= 11 is 6.18. The molecule has 3 aromatic heterocycles. The van der Waals surface area contributed by atoms with Gasteiger partial charge >= 0.3 is 0 Å². The minimum atomic E-state index is -0.239. The lowest BCUT2D eigenvalue weighted by atomic mass is 10.1. The average molecular weight is 407 g/mol. The molecule has 0 saturated heterocycles. The van der Waals surface area contributed by atoms with Gasteiger partial charge in [-0.05, 0) is 31.2 Å². The van der Waals surface area contributed by atoms with Crippen molar-refractivity contribution in [1.82, 2.24) is 19.8 Å². The molecule has 0 saturated carbocycles. The zero-order valence-electron chi connectivity index (χ0n) is 15.3. The van der Waals surface area contributed by atoms with Gasteiger partial charge in [0.15, 0.2) is 11.2 Å². The highest BCUT2D eigenvalue weighted by Gasteiger charge is 2.17. The Hall–Kier alpha value is -3.58. The molecule has 2 aromatic carbocycles. The molecule has 0 radical (unpaired) electrons. The van der Waals surface area contributed by atoms with Crippen molar-refractivity contribution in [3.63, 3.8) is 0 Å². The number of ether oxygens (including phenoxy) is 1. The van der Waals surface area contributed by atoms with E-state index in [1.54, 1.807) is 24.4 Å². The number of aromatic amines is 1. The van der Waals surface area contributed by atoms with Crippen molar-refractivity contribution in [2.45, 2.75) is 6.92 Å². The van der Waals surface area contributed by atoms with Crippen LogP contribution in [-0.4, -0.2) is 26.4 Å². The van der Waals surface area contributed by atoms with Gasteiger partial charge in [0.1, 0.15) is 11.4 Å². The number of rotatable bonds is 4. The van der Waals surface area contributed by atoms with E-state index >= 15 is 0 Å². The molecule has 29 heavy (non-hydrogen) atoms. The van der Waals surface area contributed by atoms with Crippen LogP contribution in [0.2, 0.25) is 5.02 Å². The lowest BCUT2D eigenvalue weighted by Gasteiger charge is -2.08. The summed E-state index contributed by atoms with van der Waals surface area (Å²) in [6.45, 7) is 2.37. The quantitative estimate of drug-likeness (QED) is 0.473. The van der Waals surface area contributed by atoms with Crippen LogP contribution in [0, 0.1) is 0 Å². The topological polar surface area (TPSA) is 85.4 Å². The molecule has 0 spiro atoms. The highest BCUT2D eigenvalue weighted by atomic mass is 35.5. The number of nitrogens with zero attached hydrogens (tertiary/aromatic N) is 3. The van der Waals surface area contributed by atoms with Gasteiger partial charge in [0, 0.05) is 23.2 Å². The average Bonchev–Trinajstić information content (AvgIpc) is 3.34. The molecule has 0 amide bonds. The zero-order chi connectivity index (χ0) is 20.0. The summed E-state index contributed by atoms with van der Waals surface area (Å²) in [6.07, 6.45) is 1.70. The molecule has 5 aromatic rings. The molecule has 0 aliphatic carbocycles. The third kappa shape index (κ3) is 2.87. The Labute approximate surface area is 169 Å². The van der Waals surface area contributed by atoms with Crippen LogP contribution in [0.4, 0.5) is 0 Å². The Bertz CT molecular complexity index is 1420. The summed E-state index contributed by atoms with van der Waals surface area (Å²) in [4.78, 5) is 17.4. The fraction of sp³-hybridized carbons (Fsp3) is 0.0952. The number of para-hydroxylation sites is 1. The standard InChI is InChI=1S/C21H15ClN4O3/c1-2-28-18-9-12(7-8-15(18)22)16-10-19(27)26-21(24-16)14(11-23-26)20-13-5-3-4-6-17(13)29-25-20/h3-11,23H,2H2,1H3. The number of nitrogens with one attached hydrogen (secondary N) is 1. The third-order valence-corrected chi connectivity index (χ3v) is 4.97. The van der Waals surface area contributed by atoms with E-state index in [0.29, 0.717) is 45.6 Å². The Morgan fingerprint density at radius 3 is 2.93 bits per heavy atom. The van der Waals surface area contributed by atoms with Crippen molar-refractivity contribution in [3.8, 4) is 28.3 Å². The molecule has 0 unspecified atom stereocenters. The van der Waals surface area contributed by atoms with Crippen LogP contribution in [0.3, 0.4) is 0 Å². The van der Waals surface area contributed by atoms with Crippen molar-refractivity contribution in [2.75, 3.05) is 6.61 Å². The summed E-state index contributed by atoms with van der Waals surface area (Å²) in [5, 5.41) is 8.48. The van der Waals surface area contributed by atoms with Crippen molar-refractivity contribution in [1.29, 1.82) is 0 Å². The summed E-state index contributed by atoms with van der Waals surface area (Å²) in [6, 6.07) is 14.3. The van der Waals surface area contributed by atoms with E-state index in [4.69, 9.17) is 25.8 Å². The van der Waals surface area contributed by atoms with Crippen LogP contribution in [0.5, 0.6) is 5.75 Å². The molecule has 0 aliphatic heterocycles. The lowest BCUT2D eigenvalue weighted by molar-refractivity contribution is 0.340. The van der Waals surface area contributed by atoms with Gasteiger partial charge in [-0.3, -0.25) is 9.89 Å². The van der Waals surface area contributed by atoms with E-state index in [1.165, 1.54) is 10.6 Å². The Balaban J connectivity index is 1.71. The van der Waals surface area contributed by atoms with E-state index in [1.807, 2.05) is 31.2 Å². The highest BCUT2D eigenvalue weighted by molar-refractivity contribution is 6.32. The molecule has 0 aliphatic rings. The van der Waals surface area contributed by atoms with Crippen LogP contribution in [0.1, 0.15) is 6.92 Å². The maximum atomic E-state index is 12.7. The van der Waals surface area contributed by atoms with Gasteiger partial charge < -0.3 is 9.26 Å². The summed E-state index contributed by atoms with van der Waals surface area (Å²) < 4.78 is 12.3. The molecule has 5 rings (SSSR count). The van der Waals surface area contributed by atoms with E-state index in [9.17, 15) is 4.79 Å². The number of hydrogen-bond donors (Lipinski definition) is 1. The molecule has 0 atom stereocenters. The van der Waals surface area contributed by atoms with Gasteiger partial charge in [0.05, 0.1) is 22.9 Å². The zero-order valence-corrected chi connectivity index (χ0v) is 16.1. The molecule has 8 heteroatoms. The summed E-state index contributed by atoms with van der Waals surface area (Å²) in [5.74, 6) is 0.547. The molecule has 3 heterocycles. The van der Waals surface area contributed by atoms with Crippen molar-refractivity contribution in [2.24, 2.45) is 0 Å². The number of halogens is 1. The number of aromatic nitrogens is 4. The molecule has 0 bridgehead atoms. The maximum Gasteiger partial charge on any atom is 0.273 e. The molecular formula is C21H15ClN4O3. The summed E-state index contributed by atoms with van der Waals surface area (Å²) in [5.41, 5.74) is 3.43. The normalized spacial score (nSPS) is 11.4. The molecule has 0 fully saturated rings. The highest BCUT2D eigenvalue weighted by Crippen LogP contribution is 2.32. The van der Waals surface area contributed by atoms with E-state index in [2.05, 4.69) is 10.3 Å². The largest absolute Gasteiger partial charge is 0.492 e. The monoisotopic (exact) mass is 406 g/mol. The Morgan fingerprint density at radius 2 is 2.07 bits per heavy atom. The molecule has 1 N–H and O–H groups in total. The SMILES string of the molecule is CCOc1cc(-c2cc(=O)n3[nH]cc(-c4noc5ccccc45)c3n2)ccc1Cl. The number of benzene rings is 2. The maximum absolute atomic E-state index is 12.7. The van der Waals surface area contributed by atoms with Crippen molar-refractivity contribution in [3.05, 3.63) is 70.1 Å². The Kier molecular flexibility index (Phi) is 4.10. The van der Waals surface area contributed by atoms with Crippen molar-refractivity contribution < 1.29 is 9.26 Å². The first kappa shape index (κ1) is 17.5. The minimum Gasteiger partial charge on any atom is -0.492 e. The fourth-order valence-electron chi connectivity index (χ4n) is 3.31. The molecular weight excluding hydrogens is 392 g/mol. The van der Waals surface area contributed by atoms with E-state index in [0.717, 1.165) is 10.9 Å². The fourth-order valence-corrected chi connectivity index (χ4v) is 3.48. The van der Waals surface area contributed by atoms with Gasteiger partial charge in [-0.25, -0.2) is 9.50 Å². The van der Waals surface area contributed by atoms with Gasteiger partial charge in [0.2, 0.25) is 0 Å². The number of hydrogen-bond acceptors (Lipinski definition) is 5. The third-order valence-electron chi connectivity index (χ3n) is 4.66. The van der Waals surface area contributed by atoms with Crippen LogP contribution >= 0.6 is 11.6 Å². The van der Waals surface area contributed by atoms with Gasteiger partial charge in [-0.15, -0.1) is 0 Å². The minimum absolute atomic E-state index is 0.239. The van der Waals surface area contributed by atoms with Gasteiger partial charge in [0.25, 0.3) is 5.56 Å². The van der Waals surface area contributed by atoms with E-state index in [-0.39, 0.29) is 5.56 Å². The van der Waals surface area contributed by atoms with Crippen LogP contribution in [0.15, 0.2) is 64.0 Å². The van der Waals surface area contributed by atoms with Gasteiger partial charge in [-0.1, -0.05) is 35.0 Å². The predicted molar refractivity (Wildman–Crippen MR) is 110 cm³/mol. The van der Waals surface area contributed by atoms with Crippen LogP contribution in [0.25, 0.3) is 39.1 Å². The summed E-state index contributed by atoms with van der Waals surface area (Å²) in [7, 11) is 0. The lowest BCUT2D eigenvalue weighted by Crippen LogP contribution is -2.14. The smallest absolute Gasteiger partial charge is 0.273 e.